The molecule has 2 aromatic rings. The molecule has 0 saturated carbocycles. The molecule has 2 saturated heterocycles. The molecule has 0 spiro atoms. The van der Waals surface area contributed by atoms with Crippen LogP contribution in [0.3, 0.4) is 0 Å². The van der Waals surface area contributed by atoms with E-state index >= 15 is 0 Å². The smallest absolute Gasteiger partial charge is 0.257 e. The van der Waals surface area contributed by atoms with Crippen LogP contribution in [0.25, 0.3) is 0 Å². The van der Waals surface area contributed by atoms with Crippen molar-refractivity contribution in [2.45, 2.75) is 38.8 Å². The molecule has 1 atom stereocenters. The average molecular weight is 433 g/mol. The second-order valence-corrected chi connectivity index (χ2v) is 9.24. The van der Waals surface area contributed by atoms with Gasteiger partial charge in [-0.2, -0.15) is 0 Å². The number of fused-ring (bicyclic) bond motifs is 2. The van der Waals surface area contributed by atoms with Crippen molar-refractivity contribution in [2.75, 3.05) is 49.6 Å². The fourth-order valence-electron chi connectivity index (χ4n) is 5.43. The lowest BCUT2D eigenvalue weighted by Crippen LogP contribution is -2.53. The zero-order valence-corrected chi connectivity index (χ0v) is 19.1. The van der Waals surface area contributed by atoms with Crippen molar-refractivity contribution < 1.29 is 9.59 Å². The number of amides is 2. The van der Waals surface area contributed by atoms with E-state index in [0.717, 1.165) is 44.6 Å². The number of hydrogen-bond donors (Lipinski definition) is 0. The molecule has 5 rings (SSSR count). The number of nitrogens with zero attached hydrogens (tertiary/aromatic N) is 4. The Balaban J connectivity index is 1.33. The summed E-state index contributed by atoms with van der Waals surface area (Å²) in [5.74, 6) is 0.164. The molecule has 3 aliphatic heterocycles. The molecule has 1 unspecified atom stereocenters. The van der Waals surface area contributed by atoms with Crippen LogP contribution in [0.5, 0.6) is 0 Å². The number of carbonyl (C=O) groups is 2. The van der Waals surface area contributed by atoms with Gasteiger partial charge in [-0.1, -0.05) is 24.6 Å². The summed E-state index contributed by atoms with van der Waals surface area (Å²) in [4.78, 5) is 35.0. The number of para-hydroxylation sites is 1. The van der Waals surface area contributed by atoms with Crippen LogP contribution >= 0.6 is 0 Å². The third kappa shape index (κ3) is 3.61. The van der Waals surface area contributed by atoms with Gasteiger partial charge in [0.25, 0.3) is 11.8 Å². The van der Waals surface area contributed by atoms with Gasteiger partial charge in [0.15, 0.2) is 0 Å². The van der Waals surface area contributed by atoms with E-state index in [-0.39, 0.29) is 18.0 Å². The maximum absolute atomic E-state index is 13.3. The van der Waals surface area contributed by atoms with Crippen molar-refractivity contribution in [1.29, 1.82) is 0 Å². The van der Waals surface area contributed by atoms with Gasteiger partial charge < -0.3 is 19.6 Å². The molecule has 3 heterocycles. The van der Waals surface area contributed by atoms with Crippen LogP contribution in [-0.2, 0) is 0 Å². The van der Waals surface area contributed by atoms with Crippen LogP contribution in [0.1, 0.15) is 52.0 Å². The van der Waals surface area contributed by atoms with Gasteiger partial charge in [0.2, 0.25) is 0 Å². The minimum atomic E-state index is 0.0568. The minimum absolute atomic E-state index is 0.0568. The lowest BCUT2D eigenvalue weighted by Gasteiger charge is -2.43. The number of benzene rings is 2. The highest BCUT2D eigenvalue weighted by atomic mass is 16.2. The second kappa shape index (κ2) is 8.49. The third-order valence-corrected chi connectivity index (χ3v) is 7.31. The lowest BCUT2D eigenvalue weighted by atomic mass is 10.0. The normalized spacial score (nSPS) is 21.2. The predicted molar refractivity (Wildman–Crippen MR) is 127 cm³/mol. The van der Waals surface area contributed by atoms with Gasteiger partial charge >= 0.3 is 0 Å². The van der Waals surface area contributed by atoms with E-state index in [1.54, 1.807) is 0 Å². The highest BCUT2D eigenvalue weighted by Crippen LogP contribution is 2.34. The lowest BCUT2D eigenvalue weighted by molar-refractivity contribution is 0.0659. The molecule has 168 valence electrons. The van der Waals surface area contributed by atoms with Crippen molar-refractivity contribution >= 4 is 23.2 Å². The third-order valence-electron chi connectivity index (χ3n) is 7.31. The topological polar surface area (TPSA) is 47.1 Å². The summed E-state index contributed by atoms with van der Waals surface area (Å²) in [6.45, 7) is 6.02. The summed E-state index contributed by atoms with van der Waals surface area (Å²) >= 11 is 0. The van der Waals surface area contributed by atoms with Crippen molar-refractivity contribution in [3.63, 3.8) is 0 Å². The minimum Gasteiger partial charge on any atom is -0.368 e. The number of hydrogen-bond acceptors (Lipinski definition) is 4. The van der Waals surface area contributed by atoms with E-state index in [9.17, 15) is 9.59 Å². The largest absolute Gasteiger partial charge is 0.368 e. The van der Waals surface area contributed by atoms with E-state index < -0.39 is 0 Å². The molecule has 0 radical (unpaired) electrons. The Labute approximate surface area is 190 Å². The summed E-state index contributed by atoms with van der Waals surface area (Å²) in [7, 11) is 2.06. The summed E-state index contributed by atoms with van der Waals surface area (Å²) in [5.41, 5.74) is 4.80. The van der Waals surface area contributed by atoms with Crippen molar-refractivity contribution in [2.24, 2.45) is 0 Å². The number of aryl methyl sites for hydroxylation is 1. The molecule has 32 heavy (non-hydrogen) atoms. The van der Waals surface area contributed by atoms with E-state index in [1.165, 1.54) is 17.7 Å². The quantitative estimate of drug-likeness (QED) is 0.725. The van der Waals surface area contributed by atoms with Crippen LogP contribution < -0.4 is 9.80 Å². The van der Waals surface area contributed by atoms with E-state index in [0.29, 0.717) is 24.2 Å². The number of anilines is 2. The van der Waals surface area contributed by atoms with Gasteiger partial charge in [-0.25, -0.2) is 0 Å². The zero-order valence-electron chi connectivity index (χ0n) is 19.1. The summed E-state index contributed by atoms with van der Waals surface area (Å²) in [5, 5.41) is 0. The molecule has 6 nitrogen and oxygen atoms in total. The molecular weight excluding hydrogens is 400 g/mol. The molecular formula is C26H32N4O2. The fourth-order valence-corrected chi connectivity index (χ4v) is 5.43. The van der Waals surface area contributed by atoms with Crippen molar-refractivity contribution in [3.05, 3.63) is 59.2 Å². The van der Waals surface area contributed by atoms with Crippen molar-refractivity contribution in [3.8, 4) is 0 Å². The molecule has 0 bridgehead atoms. The van der Waals surface area contributed by atoms with Crippen LogP contribution in [0.4, 0.5) is 11.4 Å². The molecule has 0 aliphatic carbocycles. The van der Waals surface area contributed by atoms with Crippen LogP contribution in [0.2, 0.25) is 0 Å². The molecule has 0 aromatic heterocycles. The van der Waals surface area contributed by atoms with Crippen molar-refractivity contribution in [1.82, 2.24) is 9.80 Å². The molecule has 0 N–H and O–H groups in total. The molecule has 2 aromatic carbocycles. The van der Waals surface area contributed by atoms with Crippen LogP contribution in [-0.4, -0.2) is 67.6 Å². The average Bonchev–Trinajstić information content (AvgIpc) is 3.09. The van der Waals surface area contributed by atoms with Gasteiger partial charge in [-0.15, -0.1) is 0 Å². The number of carbonyl (C=O) groups excluding carboxylic acids is 2. The first kappa shape index (κ1) is 20.9. The molecule has 6 heteroatoms. The molecule has 2 amide bonds. The fraction of sp³-hybridized carbons (Fsp3) is 0.462. The maximum atomic E-state index is 13.3. The zero-order chi connectivity index (χ0) is 22.2. The maximum Gasteiger partial charge on any atom is 0.257 e. The number of rotatable bonds is 2. The first-order chi connectivity index (χ1) is 15.5. The van der Waals surface area contributed by atoms with Gasteiger partial charge in [0, 0.05) is 51.0 Å². The number of piperazine rings is 1. The van der Waals surface area contributed by atoms with E-state index in [2.05, 4.69) is 48.0 Å². The van der Waals surface area contributed by atoms with Gasteiger partial charge in [-0.05, 0) is 56.0 Å². The Morgan fingerprint density at radius 3 is 2.47 bits per heavy atom. The monoisotopic (exact) mass is 432 g/mol. The first-order valence-electron chi connectivity index (χ1n) is 11.8. The highest BCUT2D eigenvalue weighted by Gasteiger charge is 2.37. The second-order valence-electron chi connectivity index (χ2n) is 9.24. The van der Waals surface area contributed by atoms with Gasteiger partial charge in [0.05, 0.1) is 11.3 Å². The summed E-state index contributed by atoms with van der Waals surface area (Å²) < 4.78 is 0. The summed E-state index contributed by atoms with van der Waals surface area (Å²) in [6, 6.07) is 14.0. The Bertz CT molecular complexity index is 1030. The Morgan fingerprint density at radius 1 is 0.906 bits per heavy atom. The summed E-state index contributed by atoms with van der Waals surface area (Å²) in [6.07, 6.45) is 4.46. The standard InChI is InChI=1S/C26H32N4O2/c1-19-8-5-6-9-22(19)28-14-16-29(17-15-28)25(31)20-11-12-21-23(18-20)27(2)24-10-4-3-7-13-30(24)26(21)32/h5-6,8-9,11-12,18,24H,3-4,7,10,13-17H2,1-2H3. The SMILES string of the molecule is Cc1ccccc1N1CCN(C(=O)c2ccc3c(c2)N(C)C2CCCCCN2C3=O)CC1. The molecule has 3 aliphatic rings. The van der Waals surface area contributed by atoms with Gasteiger partial charge in [-0.3, -0.25) is 9.59 Å². The van der Waals surface area contributed by atoms with E-state index in [4.69, 9.17) is 0 Å². The van der Waals surface area contributed by atoms with Crippen LogP contribution in [0, 0.1) is 6.92 Å². The first-order valence-corrected chi connectivity index (χ1v) is 11.8. The molecule has 2 fully saturated rings. The Kier molecular flexibility index (Phi) is 5.53. The predicted octanol–water partition coefficient (Wildman–Crippen LogP) is 3.75. The Morgan fingerprint density at radius 2 is 1.69 bits per heavy atom. The van der Waals surface area contributed by atoms with E-state index in [1.807, 2.05) is 28.0 Å². The highest BCUT2D eigenvalue weighted by molar-refractivity contribution is 6.04. The van der Waals surface area contributed by atoms with Crippen LogP contribution in [0.15, 0.2) is 42.5 Å². The van der Waals surface area contributed by atoms with Gasteiger partial charge in [0.1, 0.15) is 6.17 Å². The Hall–Kier alpha value is -3.02.